The molecule has 1 saturated heterocycles. The minimum absolute atomic E-state index is 0.0791. The van der Waals surface area contributed by atoms with Crippen LogP contribution in [0.3, 0.4) is 0 Å². The number of carbonyl (C=O) groups is 1. The molecule has 0 radical (unpaired) electrons. The van der Waals surface area contributed by atoms with E-state index >= 15 is 0 Å². The summed E-state index contributed by atoms with van der Waals surface area (Å²) in [7, 11) is 0. The minimum Gasteiger partial charge on any atom is -0.330 e. The maximum Gasteiger partial charge on any atom is 0.244 e. The summed E-state index contributed by atoms with van der Waals surface area (Å²) in [5.74, 6) is 1.18. The van der Waals surface area contributed by atoms with Crippen LogP contribution >= 0.6 is 11.8 Å². The highest BCUT2D eigenvalue weighted by Gasteiger charge is 2.38. The van der Waals surface area contributed by atoms with Crippen LogP contribution in [-0.4, -0.2) is 48.8 Å². The summed E-state index contributed by atoms with van der Waals surface area (Å²) >= 11 is 1.83. The fourth-order valence-electron chi connectivity index (χ4n) is 3.34. The van der Waals surface area contributed by atoms with Crippen molar-refractivity contribution in [1.82, 2.24) is 4.90 Å². The van der Waals surface area contributed by atoms with E-state index in [1.165, 1.54) is 4.90 Å². The molecule has 0 bridgehead atoms. The third-order valence-corrected chi connectivity index (χ3v) is 6.02. The van der Waals surface area contributed by atoms with Gasteiger partial charge in [-0.1, -0.05) is 19.1 Å². The zero-order chi connectivity index (χ0) is 15.7. The SMILES string of the molecule is CC(C(=O)N1CCSc2ccccc21)N1CCC(C)(CN)C1. The maximum atomic E-state index is 13.0. The lowest BCUT2D eigenvalue weighted by Crippen LogP contribution is -2.48. The van der Waals surface area contributed by atoms with E-state index in [1.807, 2.05) is 35.7 Å². The molecule has 2 heterocycles. The fourth-order valence-corrected chi connectivity index (χ4v) is 4.33. The van der Waals surface area contributed by atoms with Gasteiger partial charge in [-0.3, -0.25) is 9.69 Å². The van der Waals surface area contributed by atoms with Crippen LogP contribution in [0.15, 0.2) is 29.2 Å². The Hall–Kier alpha value is -1.04. The molecule has 2 atom stereocenters. The fraction of sp³-hybridized carbons (Fsp3) is 0.588. The number of nitrogens with zero attached hydrogens (tertiary/aromatic N) is 2. The van der Waals surface area contributed by atoms with Gasteiger partial charge in [-0.05, 0) is 44.0 Å². The summed E-state index contributed by atoms with van der Waals surface area (Å²) in [6.45, 7) is 7.62. The molecular weight excluding hydrogens is 294 g/mol. The number of thioether (sulfide) groups is 1. The lowest BCUT2D eigenvalue weighted by Gasteiger charge is -2.34. The molecule has 0 aromatic heterocycles. The number of para-hydroxylation sites is 1. The average molecular weight is 319 g/mol. The molecule has 0 aliphatic carbocycles. The molecule has 2 aliphatic rings. The molecule has 22 heavy (non-hydrogen) atoms. The van der Waals surface area contributed by atoms with E-state index < -0.39 is 0 Å². The molecule has 1 amide bonds. The Kier molecular flexibility index (Phi) is 4.48. The van der Waals surface area contributed by atoms with Crippen molar-refractivity contribution in [3.8, 4) is 0 Å². The van der Waals surface area contributed by atoms with Gasteiger partial charge in [-0.2, -0.15) is 0 Å². The van der Waals surface area contributed by atoms with Crippen LogP contribution in [0.25, 0.3) is 0 Å². The highest BCUT2D eigenvalue weighted by molar-refractivity contribution is 7.99. The number of anilines is 1. The van der Waals surface area contributed by atoms with Gasteiger partial charge in [-0.15, -0.1) is 11.8 Å². The second-order valence-electron chi connectivity index (χ2n) is 6.72. The Balaban J connectivity index is 1.75. The van der Waals surface area contributed by atoms with Gasteiger partial charge in [0.1, 0.15) is 0 Å². The standard InChI is InChI=1S/C17H25N3OS/c1-13(19-8-7-17(2,11-18)12-19)16(21)20-9-10-22-15-6-4-3-5-14(15)20/h3-6,13H,7-12,18H2,1-2H3. The quantitative estimate of drug-likeness (QED) is 0.928. The summed E-state index contributed by atoms with van der Waals surface area (Å²) in [5.41, 5.74) is 7.11. The first-order chi connectivity index (χ1) is 10.5. The highest BCUT2D eigenvalue weighted by Crippen LogP contribution is 2.36. The number of amides is 1. The number of likely N-dealkylation sites (tertiary alicyclic amines) is 1. The molecule has 2 aliphatic heterocycles. The lowest BCUT2D eigenvalue weighted by molar-refractivity contribution is -0.123. The largest absolute Gasteiger partial charge is 0.330 e. The van der Waals surface area contributed by atoms with Crippen LogP contribution in [0.2, 0.25) is 0 Å². The number of fused-ring (bicyclic) bond motifs is 1. The smallest absolute Gasteiger partial charge is 0.244 e. The number of hydrogen-bond acceptors (Lipinski definition) is 4. The van der Waals surface area contributed by atoms with E-state index in [-0.39, 0.29) is 17.4 Å². The molecular formula is C17H25N3OS. The first-order valence-corrected chi connectivity index (χ1v) is 9.00. The van der Waals surface area contributed by atoms with Crippen LogP contribution < -0.4 is 10.6 Å². The molecule has 1 fully saturated rings. The Morgan fingerprint density at radius 1 is 1.41 bits per heavy atom. The second-order valence-corrected chi connectivity index (χ2v) is 7.85. The van der Waals surface area contributed by atoms with Crippen LogP contribution in [-0.2, 0) is 4.79 Å². The third-order valence-electron chi connectivity index (χ3n) is 4.98. The van der Waals surface area contributed by atoms with Gasteiger partial charge in [0.2, 0.25) is 5.91 Å². The first kappa shape index (κ1) is 15.8. The van der Waals surface area contributed by atoms with Crippen molar-refractivity contribution in [3.63, 3.8) is 0 Å². The average Bonchev–Trinajstić information content (AvgIpc) is 2.96. The molecule has 4 nitrogen and oxygen atoms in total. The monoisotopic (exact) mass is 319 g/mol. The van der Waals surface area contributed by atoms with Gasteiger partial charge < -0.3 is 10.6 Å². The van der Waals surface area contributed by atoms with Crippen LogP contribution in [0.5, 0.6) is 0 Å². The predicted octanol–water partition coefficient (Wildman–Crippen LogP) is 2.18. The number of nitrogens with two attached hydrogens (primary N) is 1. The number of hydrogen-bond donors (Lipinski definition) is 1. The van der Waals surface area contributed by atoms with E-state index in [9.17, 15) is 4.79 Å². The van der Waals surface area contributed by atoms with Crippen molar-refractivity contribution in [3.05, 3.63) is 24.3 Å². The van der Waals surface area contributed by atoms with Crippen LogP contribution in [0.1, 0.15) is 20.3 Å². The topological polar surface area (TPSA) is 49.6 Å². The molecule has 2 N–H and O–H groups in total. The van der Waals surface area contributed by atoms with Crippen molar-refractivity contribution in [2.24, 2.45) is 11.1 Å². The third kappa shape index (κ3) is 2.90. The van der Waals surface area contributed by atoms with E-state index in [1.54, 1.807) is 0 Å². The van der Waals surface area contributed by atoms with Crippen molar-refractivity contribution in [2.75, 3.05) is 36.8 Å². The van der Waals surface area contributed by atoms with Crippen LogP contribution in [0.4, 0.5) is 5.69 Å². The number of carbonyl (C=O) groups excluding carboxylic acids is 1. The van der Waals surface area contributed by atoms with Crippen molar-refractivity contribution < 1.29 is 4.79 Å². The summed E-state index contributed by atoms with van der Waals surface area (Å²) in [5, 5.41) is 0. The second kappa shape index (κ2) is 6.22. The maximum absolute atomic E-state index is 13.0. The molecule has 2 unspecified atom stereocenters. The van der Waals surface area contributed by atoms with E-state index in [2.05, 4.69) is 24.0 Å². The van der Waals surface area contributed by atoms with E-state index in [0.29, 0.717) is 6.54 Å². The summed E-state index contributed by atoms with van der Waals surface area (Å²) < 4.78 is 0. The zero-order valence-corrected chi connectivity index (χ0v) is 14.2. The van der Waals surface area contributed by atoms with Crippen LogP contribution in [0, 0.1) is 5.41 Å². The van der Waals surface area contributed by atoms with Crippen molar-refractivity contribution in [1.29, 1.82) is 0 Å². The van der Waals surface area contributed by atoms with E-state index in [4.69, 9.17) is 5.73 Å². The van der Waals surface area contributed by atoms with Crippen molar-refractivity contribution in [2.45, 2.75) is 31.2 Å². The highest BCUT2D eigenvalue weighted by atomic mass is 32.2. The Morgan fingerprint density at radius 2 is 2.18 bits per heavy atom. The number of rotatable bonds is 3. The van der Waals surface area contributed by atoms with Gasteiger partial charge in [0.05, 0.1) is 11.7 Å². The lowest BCUT2D eigenvalue weighted by atomic mass is 9.90. The van der Waals surface area contributed by atoms with Crippen molar-refractivity contribution >= 4 is 23.4 Å². The molecule has 1 aromatic carbocycles. The molecule has 3 rings (SSSR count). The Bertz CT molecular complexity index is 565. The first-order valence-electron chi connectivity index (χ1n) is 8.01. The molecule has 0 spiro atoms. The van der Waals surface area contributed by atoms with Gasteiger partial charge in [0.25, 0.3) is 0 Å². The minimum atomic E-state index is -0.0791. The van der Waals surface area contributed by atoms with Gasteiger partial charge in [-0.25, -0.2) is 0 Å². The summed E-state index contributed by atoms with van der Waals surface area (Å²) in [6, 6.07) is 8.13. The molecule has 0 saturated carbocycles. The Labute approximate surface area is 137 Å². The van der Waals surface area contributed by atoms with Gasteiger partial charge in [0, 0.05) is 23.7 Å². The molecule has 120 valence electrons. The Morgan fingerprint density at radius 3 is 2.91 bits per heavy atom. The summed E-state index contributed by atoms with van der Waals surface area (Å²) in [6.07, 6.45) is 1.08. The molecule has 5 heteroatoms. The normalized spacial score (nSPS) is 26.8. The van der Waals surface area contributed by atoms with Gasteiger partial charge >= 0.3 is 0 Å². The summed E-state index contributed by atoms with van der Waals surface area (Å²) in [4.78, 5) is 18.5. The zero-order valence-electron chi connectivity index (χ0n) is 13.4. The molecule has 1 aromatic rings. The van der Waals surface area contributed by atoms with Gasteiger partial charge in [0.15, 0.2) is 0 Å². The predicted molar refractivity (Wildman–Crippen MR) is 92.3 cm³/mol. The number of benzene rings is 1. The van der Waals surface area contributed by atoms with E-state index in [0.717, 1.165) is 37.5 Å².